The van der Waals surface area contributed by atoms with E-state index in [-0.39, 0.29) is 5.91 Å². The van der Waals surface area contributed by atoms with Gasteiger partial charge in [-0.15, -0.1) is 0 Å². The van der Waals surface area contributed by atoms with Crippen molar-refractivity contribution in [1.82, 2.24) is 20.1 Å². The number of amides is 1. The predicted molar refractivity (Wildman–Crippen MR) is 91.4 cm³/mol. The average molecular weight is 318 g/mol. The summed E-state index contributed by atoms with van der Waals surface area (Å²) in [5, 5.41) is 7.09. The minimum absolute atomic E-state index is 0.0321. The second kappa shape index (κ2) is 5.92. The van der Waals surface area contributed by atoms with Gasteiger partial charge in [0, 0.05) is 30.7 Å². The zero-order valence-electron chi connectivity index (χ0n) is 13.5. The Balaban J connectivity index is 1.61. The van der Waals surface area contributed by atoms with Crippen molar-refractivity contribution in [2.45, 2.75) is 19.8 Å². The summed E-state index contributed by atoms with van der Waals surface area (Å²) >= 11 is 0. The molecule has 24 heavy (non-hydrogen) atoms. The maximum Gasteiger partial charge on any atom is 0.251 e. The van der Waals surface area contributed by atoms with Crippen LogP contribution in [0.15, 0.2) is 48.9 Å². The molecule has 1 N–H and O–H groups in total. The van der Waals surface area contributed by atoms with Gasteiger partial charge in [0.25, 0.3) is 5.91 Å². The van der Waals surface area contributed by atoms with Crippen molar-refractivity contribution in [2.75, 3.05) is 6.54 Å². The number of benzene rings is 1. The topological polar surface area (TPSA) is 59.8 Å². The predicted octanol–water partition coefficient (Wildman–Crippen LogP) is 2.45. The molecule has 0 saturated heterocycles. The molecule has 0 radical (unpaired) electrons. The lowest BCUT2D eigenvalue weighted by Gasteiger charge is -2.19. The Morgan fingerprint density at radius 2 is 2.21 bits per heavy atom. The lowest BCUT2D eigenvalue weighted by Crippen LogP contribution is -2.32. The van der Waals surface area contributed by atoms with Gasteiger partial charge in [0.15, 0.2) is 5.82 Å². The molecule has 0 bridgehead atoms. The molecule has 1 aliphatic rings. The van der Waals surface area contributed by atoms with Crippen molar-refractivity contribution in [3.8, 4) is 5.82 Å². The maximum atomic E-state index is 12.0. The molecule has 1 aliphatic heterocycles. The van der Waals surface area contributed by atoms with Crippen molar-refractivity contribution in [3.63, 3.8) is 0 Å². The van der Waals surface area contributed by atoms with Gasteiger partial charge in [-0.3, -0.25) is 4.79 Å². The summed E-state index contributed by atoms with van der Waals surface area (Å²) in [5.41, 5.74) is 5.46. The van der Waals surface area contributed by atoms with Crippen LogP contribution in [0.3, 0.4) is 0 Å². The highest BCUT2D eigenvalue weighted by atomic mass is 16.1. The first-order valence-electron chi connectivity index (χ1n) is 8.06. The van der Waals surface area contributed by atoms with Gasteiger partial charge >= 0.3 is 0 Å². The molecule has 4 rings (SSSR count). The van der Waals surface area contributed by atoms with Crippen molar-refractivity contribution in [2.24, 2.45) is 0 Å². The van der Waals surface area contributed by atoms with E-state index in [1.165, 1.54) is 11.1 Å². The highest BCUT2D eigenvalue weighted by Gasteiger charge is 2.18. The zero-order valence-corrected chi connectivity index (χ0v) is 13.5. The van der Waals surface area contributed by atoms with Crippen LogP contribution in [-0.2, 0) is 12.8 Å². The van der Waals surface area contributed by atoms with E-state index < -0.39 is 0 Å². The van der Waals surface area contributed by atoms with Gasteiger partial charge in [-0.05, 0) is 60.2 Å². The molecule has 5 nitrogen and oxygen atoms in total. The van der Waals surface area contributed by atoms with Crippen LogP contribution in [0, 0.1) is 6.92 Å². The Kier molecular flexibility index (Phi) is 3.61. The average Bonchev–Trinajstić information content (AvgIpc) is 3.12. The van der Waals surface area contributed by atoms with Crippen molar-refractivity contribution >= 4 is 5.91 Å². The van der Waals surface area contributed by atoms with E-state index in [1.54, 1.807) is 10.9 Å². The van der Waals surface area contributed by atoms with Crippen molar-refractivity contribution in [1.29, 1.82) is 0 Å². The van der Waals surface area contributed by atoms with Gasteiger partial charge in [-0.2, -0.15) is 5.10 Å². The number of aromatic nitrogens is 3. The van der Waals surface area contributed by atoms with E-state index in [0.717, 1.165) is 41.9 Å². The zero-order chi connectivity index (χ0) is 16.5. The second-order valence-corrected chi connectivity index (χ2v) is 6.09. The second-order valence-electron chi connectivity index (χ2n) is 6.09. The Hall–Kier alpha value is -2.95. The van der Waals surface area contributed by atoms with E-state index in [4.69, 9.17) is 0 Å². The number of pyridine rings is 1. The molecule has 0 atom stereocenters. The number of aryl methyl sites for hydroxylation is 1. The lowest BCUT2D eigenvalue weighted by molar-refractivity contribution is 0.0946. The SMILES string of the molecule is Cc1cc2c(cc1Cc1ccc(-n3cccn3)nc1)C(=O)NCC2. The molecule has 3 aromatic rings. The minimum atomic E-state index is 0.0321. The number of nitrogens with one attached hydrogen (secondary N) is 1. The molecule has 120 valence electrons. The summed E-state index contributed by atoms with van der Waals surface area (Å²) in [6.07, 6.45) is 7.14. The van der Waals surface area contributed by atoms with Gasteiger partial charge in [0.05, 0.1) is 0 Å². The molecule has 1 aromatic carbocycles. The van der Waals surface area contributed by atoms with Crippen molar-refractivity contribution < 1.29 is 4.79 Å². The standard InChI is InChI=1S/C19H18N4O/c1-13-9-15-5-7-20-19(24)17(15)11-16(13)10-14-3-4-18(21-12-14)23-8-2-6-22-23/h2-4,6,8-9,11-12H,5,7,10H2,1H3,(H,20,24). The third kappa shape index (κ3) is 2.69. The number of nitrogens with zero attached hydrogens (tertiary/aromatic N) is 3. The summed E-state index contributed by atoms with van der Waals surface area (Å²) in [5.74, 6) is 0.829. The molecule has 0 unspecified atom stereocenters. The van der Waals surface area contributed by atoms with Gasteiger partial charge in [-0.1, -0.05) is 12.1 Å². The summed E-state index contributed by atoms with van der Waals surface area (Å²) in [6, 6.07) is 10.1. The van der Waals surface area contributed by atoms with E-state index in [0.29, 0.717) is 0 Å². The Bertz CT molecular complexity index is 882. The minimum Gasteiger partial charge on any atom is -0.352 e. The maximum absolute atomic E-state index is 12.0. The van der Waals surface area contributed by atoms with Crippen LogP contribution in [0.1, 0.15) is 32.6 Å². The van der Waals surface area contributed by atoms with Gasteiger partial charge < -0.3 is 5.32 Å². The van der Waals surface area contributed by atoms with Crippen LogP contribution in [0.4, 0.5) is 0 Å². The summed E-state index contributed by atoms with van der Waals surface area (Å²) in [6.45, 7) is 2.83. The fourth-order valence-corrected chi connectivity index (χ4v) is 3.11. The van der Waals surface area contributed by atoms with E-state index in [9.17, 15) is 4.79 Å². The Morgan fingerprint density at radius 3 is 2.96 bits per heavy atom. The van der Waals surface area contributed by atoms with Crippen LogP contribution >= 0.6 is 0 Å². The van der Waals surface area contributed by atoms with Crippen molar-refractivity contribution in [3.05, 3.63) is 76.7 Å². The number of carbonyl (C=O) groups is 1. The quantitative estimate of drug-likeness (QED) is 0.807. The summed E-state index contributed by atoms with van der Waals surface area (Å²) in [7, 11) is 0. The molecule has 1 amide bonds. The molecule has 0 fully saturated rings. The third-order valence-corrected chi connectivity index (χ3v) is 4.43. The van der Waals surface area contributed by atoms with E-state index >= 15 is 0 Å². The first-order chi connectivity index (χ1) is 11.7. The molecule has 3 heterocycles. The fourth-order valence-electron chi connectivity index (χ4n) is 3.11. The molecule has 2 aromatic heterocycles. The molecule has 0 spiro atoms. The Labute approximate surface area is 140 Å². The summed E-state index contributed by atoms with van der Waals surface area (Å²) < 4.78 is 1.73. The van der Waals surface area contributed by atoms with Gasteiger partial charge in [-0.25, -0.2) is 9.67 Å². The third-order valence-electron chi connectivity index (χ3n) is 4.43. The normalized spacial score (nSPS) is 13.5. The van der Waals surface area contributed by atoms with E-state index in [1.807, 2.05) is 30.6 Å². The number of fused-ring (bicyclic) bond motifs is 1. The number of rotatable bonds is 3. The highest BCUT2D eigenvalue weighted by molar-refractivity contribution is 5.97. The number of hydrogen-bond acceptors (Lipinski definition) is 3. The van der Waals surface area contributed by atoms with E-state index in [2.05, 4.69) is 34.5 Å². The monoisotopic (exact) mass is 318 g/mol. The summed E-state index contributed by atoms with van der Waals surface area (Å²) in [4.78, 5) is 16.5. The Morgan fingerprint density at radius 1 is 1.29 bits per heavy atom. The van der Waals surface area contributed by atoms with Crippen LogP contribution in [-0.4, -0.2) is 27.2 Å². The van der Waals surface area contributed by atoms with Gasteiger partial charge in [0.2, 0.25) is 0 Å². The first kappa shape index (κ1) is 14.6. The number of carbonyl (C=O) groups excluding carboxylic acids is 1. The first-order valence-corrected chi connectivity index (χ1v) is 8.06. The fraction of sp³-hybridized carbons (Fsp3) is 0.211. The lowest BCUT2D eigenvalue weighted by atomic mass is 9.92. The van der Waals surface area contributed by atoms with Crippen LogP contribution in [0.25, 0.3) is 5.82 Å². The smallest absolute Gasteiger partial charge is 0.251 e. The largest absolute Gasteiger partial charge is 0.352 e. The number of hydrogen-bond donors (Lipinski definition) is 1. The van der Waals surface area contributed by atoms with Crippen LogP contribution in [0.5, 0.6) is 0 Å². The molecular weight excluding hydrogens is 300 g/mol. The molecular formula is C19H18N4O. The van der Waals surface area contributed by atoms with Crippen LogP contribution in [0.2, 0.25) is 0 Å². The van der Waals surface area contributed by atoms with Gasteiger partial charge in [0.1, 0.15) is 0 Å². The highest BCUT2D eigenvalue weighted by Crippen LogP contribution is 2.22. The molecule has 0 aliphatic carbocycles. The molecule has 0 saturated carbocycles. The van der Waals surface area contributed by atoms with Crippen LogP contribution < -0.4 is 5.32 Å². The molecule has 5 heteroatoms.